The molecule has 0 saturated heterocycles. The number of nitrogens with zero attached hydrogens (tertiary/aromatic N) is 1. The van der Waals surface area contributed by atoms with Crippen LogP contribution in [0.2, 0.25) is 0 Å². The minimum Gasteiger partial charge on any atom is -0.458 e. The average molecular weight is 798 g/mol. The maximum Gasteiger partial charge on any atom is 0.142 e. The molecule has 0 N–H and O–H groups in total. The van der Waals surface area contributed by atoms with Gasteiger partial charge in [0.1, 0.15) is 16.9 Å². The van der Waals surface area contributed by atoms with E-state index in [0.717, 1.165) is 50.8 Å². The Balaban J connectivity index is 1.16. The molecule has 0 fully saturated rings. The Morgan fingerprint density at radius 1 is 0.403 bits per heavy atom. The molecule has 62 heavy (non-hydrogen) atoms. The van der Waals surface area contributed by atoms with Crippen molar-refractivity contribution in [3.05, 3.63) is 233 Å². The van der Waals surface area contributed by atoms with Crippen molar-refractivity contribution in [1.29, 1.82) is 0 Å². The van der Waals surface area contributed by atoms with E-state index in [4.69, 9.17) is 4.42 Å². The Labute approximate surface area is 364 Å². The van der Waals surface area contributed by atoms with Gasteiger partial charge in [-0.25, -0.2) is 0 Å². The van der Waals surface area contributed by atoms with Gasteiger partial charge in [0.25, 0.3) is 0 Å². The Kier molecular flexibility index (Phi) is 7.79. The van der Waals surface area contributed by atoms with Gasteiger partial charge in [0, 0.05) is 39.2 Å². The molecule has 0 atom stereocenters. The molecule has 12 rings (SSSR count). The molecule has 3 aliphatic carbocycles. The maximum atomic E-state index is 7.54. The zero-order valence-electron chi connectivity index (χ0n) is 35.8. The normalized spacial score (nSPS) is 14.5. The van der Waals surface area contributed by atoms with Gasteiger partial charge < -0.3 is 9.32 Å². The van der Waals surface area contributed by atoms with Crippen LogP contribution in [0.1, 0.15) is 73.8 Å². The summed E-state index contributed by atoms with van der Waals surface area (Å²) in [6, 6.07) is 71.9. The van der Waals surface area contributed by atoms with Crippen LogP contribution in [0.15, 0.2) is 199 Å². The Bertz CT molecular complexity index is 3190. The van der Waals surface area contributed by atoms with Crippen LogP contribution in [-0.2, 0) is 16.2 Å². The predicted molar refractivity (Wildman–Crippen MR) is 257 cm³/mol. The second-order valence-corrected chi connectivity index (χ2v) is 18.8. The van der Waals surface area contributed by atoms with E-state index in [1.165, 1.54) is 61.2 Å². The standard InChI is InChI=1S/C60H47NO/c1-58(2,3)40-28-30-41(31-29-40)61(43-32-34-47-44-22-12-15-25-49(44)59(4,5)53(47)37-43)42-33-35-52-48(36-42)55-54(38-18-8-6-9-19-38)56(39-20-10-7-11-21-39)62-57(55)60(52)50-26-16-13-23-45(50)46-24-14-17-27-51(46)60/h6-37H,1-5H3. The SMILES string of the molecule is CC(C)(C)c1ccc(N(c2ccc3c(c2)-c2c(oc(-c4ccccc4)c2-c2ccccc2)C32c3ccccc3-c3ccccc32)c2ccc3c(c2)C(C)(C)c2ccccc2-3)cc1. The highest BCUT2D eigenvalue weighted by Crippen LogP contribution is 2.66. The van der Waals surface area contributed by atoms with Crippen LogP contribution in [0.25, 0.3) is 55.8 Å². The van der Waals surface area contributed by atoms with Crippen molar-refractivity contribution in [2.45, 2.75) is 50.9 Å². The van der Waals surface area contributed by atoms with Gasteiger partial charge in [-0.05, 0) is 109 Å². The number of benzene rings is 8. The fourth-order valence-corrected chi connectivity index (χ4v) is 11.1. The maximum absolute atomic E-state index is 7.54. The van der Waals surface area contributed by atoms with E-state index in [1.807, 2.05) is 0 Å². The van der Waals surface area contributed by atoms with E-state index in [1.54, 1.807) is 0 Å². The predicted octanol–water partition coefficient (Wildman–Crippen LogP) is 16.0. The molecule has 0 unspecified atom stereocenters. The van der Waals surface area contributed by atoms with Gasteiger partial charge in [0.2, 0.25) is 0 Å². The fourth-order valence-electron chi connectivity index (χ4n) is 11.1. The van der Waals surface area contributed by atoms with Crippen LogP contribution < -0.4 is 4.90 Å². The van der Waals surface area contributed by atoms with Crippen molar-refractivity contribution < 1.29 is 4.42 Å². The van der Waals surface area contributed by atoms with Gasteiger partial charge >= 0.3 is 0 Å². The van der Waals surface area contributed by atoms with Crippen LogP contribution >= 0.6 is 0 Å². The van der Waals surface area contributed by atoms with Gasteiger partial charge in [0.05, 0.1) is 0 Å². The third-order valence-corrected chi connectivity index (χ3v) is 14.1. The van der Waals surface area contributed by atoms with Crippen LogP contribution in [0.5, 0.6) is 0 Å². The molecule has 2 nitrogen and oxygen atoms in total. The molecule has 1 heterocycles. The number of fused-ring (bicyclic) bond motifs is 13. The van der Waals surface area contributed by atoms with Gasteiger partial charge in [-0.2, -0.15) is 0 Å². The minimum atomic E-state index is -0.643. The number of hydrogen-bond acceptors (Lipinski definition) is 2. The van der Waals surface area contributed by atoms with Gasteiger partial charge in [-0.1, -0.05) is 192 Å². The molecular formula is C60H47NO. The summed E-state index contributed by atoms with van der Waals surface area (Å²) < 4.78 is 7.54. The lowest BCUT2D eigenvalue weighted by Gasteiger charge is -2.31. The van der Waals surface area contributed by atoms with Gasteiger partial charge in [-0.3, -0.25) is 0 Å². The summed E-state index contributed by atoms with van der Waals surface area (Å²) in [7, 11) is 0. The first kappa shape index (κ1) is 36.7. The zero-order valence-corrected chi connectivity index (χ0v) is 35.8. The molecule has 1 aromatic heterocycles. The summed E-state index contributed by atoms with van der Waals surface area (Å²) in [6.07, 6.45) is 0. The molecule has 298 valence electrons. The average Bonchev–Trinajstić information content (AvgIpc) is 3.99. The van der Waals surface area contributed by atoms with E-state index >= 15 is 0 Å². The lowest BCUT2D eigenvalue weighted by Crippen LogP contribution is -2.25. The summed E-state index contributed by atoms with van der Waals surface area (Å²) in [5.41, 5.74) is 21.3. The third kappa shape index (κ3) is 5.04. The van der Waals surface area contributed by atoms with Crippen molar-refractivity contribution in [3.8, 4) is 55.8 Å². The highest BCUT2D eigenvalue weighted by atomic mass is 16.3. The molecular weight excluding hydrogens is 751 g/mol. The molecule has 9 aromatic rings. The number of rotatable bonds is 5. The lowest BCUT2D eigenvalue weighted by atomic mass is 9.73. The van der Waals surface area contributed by atoms with Crippen molar-refractivity contribution >= 4 is 17.1 Å². The molecule has 0 bridgehead atoms. The summed E-state index contributed by atoms with van der Waals surface area (Å²) in [5.74, 6) is 1.88. The summed E-state index contributed by atoms with van der Waals surface area (Å²) in [5, 5.41) is 0. The van der Waals surface area contributed by atoms with Crippen molar-refractivity contribution in [2.75, 3.05) is 4.90 Å². The molecule has 3 aliphatic rings. The number of hydrogen-bond donors (Lipinski definition) is 0. The largest absolute Gasteiger partial charge is 0.458 e. The van der Waals surface area contributed by atoms with Gasteiger partial charge in [-0.15, -0.1) is 0 Å². The van der Waals surface area contributed by atoms with E-state index in [-0.39, 0.29) is 10.8 Å². The van der Waals surface area contributed by atoms with E-state index in [9.17, 15) is 0 Å². The van der Waals surface area contributed by atoms with Crippen LogP contribution in [-0.4, -0.2) is 0 Å². The fraction of sp³-hybridized carbons (Fsp3) is 0.133. The first-order chi connectivity index (χ1) is 30.2. The van der Waals surface area contributed by atoms with E-state index in [2.05, 4.69) is 234 Å². The Morgan fingerprint density at radius 2 is 0.887 bits per heavy atom. The molecule has 0 aliphatic heterocycles. The van der Waals surface area contributed by atoms with E-state index in [0.29, 0.717) is 0 Å². The molecule has 0 amide bonds. The van der Waals surface area contributed by atoms with Crippen LogP contribution in [0, 0.1) is 0 Å². The molecule has 1 spiro atoms. The topological polar surface area (TPSA) is 16.4 Å². The van der Waals surface area contributed by atoms with Crippen molar-refractivity contribution in [2.24, 2.45) is 0 Å². The Hall–Kier alpha value is -7.16. The van der Waals surface area contributed by atoms with Crippen molar-refractivity contribution in [3.63, 3.8) is 0 Å². The third-order valence-electron chi connectivity index (χ3n) is 14.1. The molecule has 8 aromatic carbocycles. The molecule has 0 saturated carbocycles. The van der Waals surface area contributed by atoms with Crippen molar-refractivity contribution in [1.82, 2.24) is 0 Å². The Morgan fingerprint density at radius 3 is 1.52 bits per heavy atom. The highest BCUT2D eigenvalue weighted by molar-refractivity contribution is 6.04. The quantitative estimate of drug-likeness (QED) is 0.172. The first-order valence-corrected chi connectivity index (χ1v) is 21.9. The smallest absolute Gasteiger partial charge is 0.142 e. The number of furan rings is 1. The van der Waals surface area contributed by atoms with Crippen LogP contribution in [0.3, 0.4) is 0 Å². The van der Waals surface area contributed by atoms with E-state index < -0.39 is 5.41 Å². The molecule has 0 radical (unpaired) electrons. The zero-order chi connectivity index (χ0) is 42.0. The second-order valence-electron chi connectivity index (χ2n) is 18.8. The van der Waals surface area contributed by atoms with Crippen LogP contribution in [0.4, 0.5) is 17.1 Å². The summed E-state index contributed by atoms with van der Waals surface area (Å²) in [6.45, 7) is 11.6. The lowest BCUT2D eigenvalue weighted by molar-refractivity contribution is 0.485. The monoisotopic (exact) mass is 797 g/mol. The highest BCUT2D eigenvalue weighted by Gasteiger charge is 2.56. The molecule has 2 heteroatoms. The second kappa shape index (κ2) is 13.2. The first-order valence-electron chi connectivity index (χ1n) is 21.9. The summed E-state index contributed by atoms with van der Waals surface area (Å²) in [4.78, 5) is 2.47. The van der Waals surface area contributed by atoms with Gasteiger partial charge in [0.15, 0.2) is 0 Å². The minimum absolute atomic E-state index is 0.0322. The summed E-state index contributed by atoms with van der Waals surface area (Å²) >= 11 is 0. The number of anilines is 3.